The fourth-order valence-corrected chi connectivity index (χ4v) is 2.24. The number of benzene rings is 3. The zero-order chi connectivity index (χ0) is 16.8. The molecule has 1 N–H and O–H groups in total. The van der Waals surface area contributed by atoms with Gasteiger partial charge in [0.25, 0.3) is 0 Å². The second kappa shape index (κ2) is 7.42. The number of aryl methyl sites for hydroxylation is 1. The molecule has 4 heteroatoms. The van der Waals surface area contributed by atoms with Gasteiger partial charge >= 0.3 is 0 Å². The maximum atomic E-state index is 6.04. The van der Waals surface area contributed by atoms with Gasteiger partial charge < -0.3 is 4.74 Å². The Kier molecular flexibility index (Phi) is 4.87. The van der Waals surface area contributed by atoms with E-state index in [9.17, 15) is 0 Å². The molecule has 3 rings (SSSR count). The zero-order valence-corrected chi connectivity index (χ0v) is 13.7. The highest BCUT2D eigenvalue weighted by atomic mass is 16.5. The minimum Gasteiger partial charge on any atom is -0.455 e. The molecule has 0 heterocycles. The predicted octanol–water partition coefficient (Wildman–Crippen LogP) is 6.21. The molecule has 4 nitrogen and oxygen atoms in total. The number of ether oxygens (including phenoxy) is 1. The highest BCUT2D eigenvalue weighted by Gasteiger charge is 2.10. The molecule has 0 atom stereocenters. The summed E-state index contributed by atoms with van der Waals surface area (Å²) in [6.45, 7) is 4.08. The van der Waals surface area contributed by atoms with E-state index < -0.39 is 0 Å². The largest absolute Gasteiger partial charge is 0.455 e. The van der Waals surface area contributed by atoms with Gasteiger partial charge in [0.15, 0.2) is 5.75 Å². The smallest absolute Gasteiger partial charge is 0.158 e. The molecule has 0 aliphatic carbocycles. The SMILES string of the molecule is Cc1ccc(N=NNc2ccccc2)c(Oc2ccccc2)c1C. The molecule has 0 fully saturated rings. The van der Waals surface area contributed by atoms with Crippen molar-refractivity contribution in [3.8, 4) is 11.5 Å². The van der Waals surface area contributed by atoms with Crippen molar-refractivity contribution in [1.29, 1.82) is 0 Å². The minimum absolute atomic E-state index is 0.686. The van der Waals surface area contributed by atoms with Gasteiger partial charge in [-0.3, -0.25) is 5.43 Å². The maximum absolute atomic E-state index is 6.04. The standard InChI is InChI=1S/C20H19N3O/c1-15-13-14-19(22-23-21-17-9-5-3-6-10-17)20(16(15)2)24-18-11-7-4-8-12-18/h3-14H,1-2H3,(H,21,22). The fourth-order valence-electron chi connectivity index (χ4n) is 2.24. The van der Waals surface area contributed by atoms with Crippen LogP contribution >= 0.6 is 0 Å². The highest BCUT2D eigenvalue weighted by Crippen LogP contribution is 2.36. The predicted molar refractivity (Wildman–Crippen MR) is 97.0 cm³/mol. The van der Waals surface area contributed by atoms with E-state index in [1.807, 2.05) is 79.7 Å². The van der Waals surface area contributed by atoms with Crippen molar-refractivity contribution in [2.24, 2.45) is 10.3 Å². The molecule has 3 aromatic rings. The van der Waals surface area contributed by atoms with Gasteiger partial charge in [-0.25, -0.2) is 0 Å². The maximum Gasteiger partial charge on any atom is 0.158 e. The quantitative estimate of drug-likeness (QED) is 0.449. The van der Waals surface area contributed by atoms with Crippen molar-refractivity contribution >= 4 is 11.4 Å². The van der Waals surface area contributed by atoms with Crippen molar-refractivity contribution in [3.63, 3.8) is 0 Å². The summed E-state index contributed by atoms with van der Waals surface area (Å²) in [5.74, 6) is 1.50. The van der Waals surface area contributed by atoms with E-state index >= 15 is 0 Å². The van der Waals surface area contributed by atoms with Crippen LogP contribution in [0.3, 0.4) is 0 Å². The van der Waals surface area contributed by atoms with E-state index in [0.29, 0.717) is 5.69 Å². The van der Waals surface area contributed by atoms with Gasteiger partial charge in [-0.15, -0.1) is 5.11 Å². The summed E-state index contributed by atoms with van der Waals surface area (Å²) in [5, 5.41) is 8.37. The lowest BCUT2D eigenvalue weighted by Crippen LogP contribution is -1.91. The number of para-hydroxylation sites is 2. The van der Waals surface area contributed by atoms with Crippen LogP contribution in [0.5, 0.6) is 11.5 Å². The average Bonchev–Trinajstić information content (AvgIpc) is 2.63. The number of hydrogen-bond acceptors (Lipinski definition) is 3. The molecule has 0 aromatic heterocycles. The third kappa shape index (κ3) is 3.79. The molecule has 0 spiro atoms. The average molecular weight is 317 g/mol. The van der Waals surface area contributed by atoms with Crippen molar-refractivity contribution < 1.29 is 4.74 Å². The summed E-state index contributed by atoms with van der Waals surface area (Å²) in [4.78, 5) is 0. The van der Waals surface area contributed by atoms with Crippen molar-refractivity contribution in [3.05, 3.63) is 83.9 Å². The second-order valence-electron chi connectivity index (χ2n) is 5.45. The van der Waals surface area contributed by atoms with Crippen LogP contribution in [-0.4, -0.2) is 0 Å². The van der Waals surface area contributed by atoms with Crippen LogP contribution in [0.15, 0.2) is 83.1 Å². The first-order valence-corrected chi connectivity index (χ1v) is 7.79. The lowest BCUT2D eigenvalue weighted by atomic mass is 10.1. The van der Waals surface area contributed by atoms with Crippen LogP contribution in [0, 0.1) is 13.8 Å². The highest BCUT2D eigenvalue weighted by molar-refractivity contribution is 5.59. The third-order valence-corrected chi connectivity index (χ3v) is 3.73. The first-order chi connectivity index (χ1) is 11.7. The molecule has 0 aliphatic rings. The summed E-state index contributed by atoms with van der Waals surface area (Å²) < 4.78 is 6.04. The Morgan fingerprint density at radius 1 is 0.792 bits per heavy atom. The molecule has 0 unspecified atom stereocenters. The topological polar surface area (TPSA) is 46.0 Å². The van der Waals surface area contributed by atoms with Crippen molar-refractivity contribution in [1.82, 2.24) is 0 Å². The lowest BCUT2D eigenvalue weighted by Gasteiger charge is -2.12. The molecule has 0 saturated heterocycles. The van der Waals surface area contributed by atoms with Gasteiger partial charge in [0.1, 0.15) is 11.4 Å². The third-order valence-electron chi connectivity index (χ3n) is 3.73. The Labute approximate surface area is 141 Å². The second-order valence-corrected chi connectivity index (χ2v) is 5.45. The molecular formula is C20H19N3O. The van der Waals surface area contributed by atoms with Gasteiger partial charge in [0.05, 0.1) is 5.69 Å². The van der Waals surface area contributed by atoms with E-state index in [1.54, 1.807) is 0 Å². The molecule has 0 amide bonds. The number of hydrogen-bond donors (Lipinski definition) is 1. The normalized spacial score (nSPS) is 10.8. The molecule has 120 valence electrons. The molecule has 0 aliphatic heterocycles. The number of nitrogens with zero attached hydrogens (tertiary/aromatic N) is 2. The molecular weight excluding hydrogens is 298 g/mol. The Morgan fingerprint density at radius 2 is 1.46 bits per heavy atom. The number of anilines is 1. The number of rotatable bonds is 5. The van der Waals surface area contributed by atoms with E-state index in [0.717, 1.165) is 28.3 Å². The van der Waals surface area contributed by atoms with Crippen molar-refractivity contribution in [2.75, 3.05) is 5.43 Å². The zero-order valence-electron chi connectivity index (χ0n) is 13.7. The lowest BCUT2D eigenvalue weighted by molar-refractivity contribution is 0.479. The van der Waals surface area contributed by atoms with Crippen LogP contribution in [0.25, 0.3) is 0 Å². The summed E-state index contributed by atoms with van der Waals surface area (Å²) in [6, 6.07) is 23.3. The van der Waals surface area contributed by atoms with Crippen LogP contribution in [0.1, 0.15) is 11.1 Å². The summed E-state index contributed by atoms with van der Waals surface area (Å²) >= 11 is 0. The van der Waals surface area contributed by atoms with E-state index in [2.05, 4.69) is 22.7 Å². The molecule has 0 saturated carbocycles. The van der Waals surface area contributed by atoms with Crippen LogP contribution in [0.4, 0.5) is 11.4 Å². The monoisotopic (exact) mass is 317 g/mol. The molecule has 24 heavy (non-hydrogen) atoms. The van der Waals surface area contributed by atoms with Crippen molar-refractivity contribution in [2.45, 2.75) is 13.8 Å². The summed E-state index contributed by atoms with van der Waals surface area (Å²) in [7, 11) is 0. The summed E-state index contributed by atoms with van der Waals surface area (Å²) in [5.41, 5.74) is 6.69. The van der Waals surface area contributed by atoms with Crippen LogP contribution < -0.4 is 10.2 Å². The van der Waals surface area contributed by atoms with E-state index in [4.69, 9.17) is 4.74 Å². The Hall–Kier alpha value is -3.14. The van der Waals surface area contributed by atoms with Gasteiger partial charge in [-0.05, 0) is 55.3 Å². The van der Waals surface area contributed by atoms with Crippen LogP contribution in [-0.2, 0) is 0 Å². The first-order valence-electron chi connectivity index (χ1n) is 7.79. The molecule has 3 aromatic carbocycles. The Bertz CT molecular complexity index is 830. The molecule has 0 radical (unpaired) electrons. The van der Waals surface area contributed by atoms with Gasteiger partial charge in [0, 0.05) is 0 Å². The van der Waals surface area contributed by atoms with E-state index in [-0.39, 0.29) is 0 Å². The summed E-state index contributed by atoms with van der Waals surface area (Å²) in [6.07, 6.45) is 0. The van der Waals surface area contributed by atoms with E-state index in [1.165, 1.54) is 0 Å². The van der Waals surface area contributed by atoms with Gasteiger partial charge in [0.2, 0.25) is 0 Å². The first kappa shape index (κ1) is 15.7. The number of nitrogens with one attached hydrogen (secondary N) is 1. The Balaban J connectivity index is 1.86. The molecule has 0 bridgehead atoms. The fraction of sp³-hybridized carbons (Fsp3) is 0.100. The minimum atomic E-state index is 0.686. The van der Waals surface area contributed by atoms with Gasteiger partial charge in [-0.1, -0.05) is 47.7 Å². The van der Waals surface area contributed by atoms with Gasteiger partial charge in [-0.2, -0.15) is 0 Å². The Morgan fingerprint density at radius 3 is 2.17 bits per heavy atom. The van der Waals surface area contributed by atoms with Crippen LogP contribution in [0.2, 0.25) is 0 Å².